The van der Waals surface area contributed by atoms with Crippen LogP contribution in [0.4, 0.5) is 0 Å². The first-order valence-electron chi connectivity index (χ1n) is 5.64. The highest BCUT2D eigenvalue weighted by molar-refractivity contribution is 14.1. The van der Waals surface area contributed by atoms with Crippen molar-refractivity contribution in [3.63, 3.8) is 0 Å². The van der Waals surface area contributed by atoms with Crippen LogP contribution in [0, 0.1) is 3.57 Å². The van der Waals surface area contributed by atoms with E-state index in [2.05, 4.69) is 49.0 Å². The maximum atomic E-state index is 11.9. The maximum Gasteiger partial charge on any atom is 0.275 e. The minimum atomic E-state index is -0.467. The summed E-state index contributed by atoms with van der Waals surface area (Å²) in [4.78, 5) is 11.9. The van der Waals surface area contributed by atoms with Crippen molar-refractivity contribution in [3.05, 3.63) is 61.6 Å². The van der Waals surface area contributed by atoms with E-state index in [1.165, 1.54) is 12.1 Å². The molecule has 2 aromatic carbocycles. The van der Waals surface area contributed by atoms with Crippen LogP contribution in [0.25, 0.3) is 0 Å². The van der Waals surface area contributed by atoms with Gasteiger partial charge in [0, 0.05) is 8.04 Å². The summed E-state index contributed by atoms with van der Waals surface area (Å²) in [7, 11) is 0. The number of nitrogens with zero attached hydrogens (tertiary/aromatic N) is 1. The number of halogens is 2. The molecule has 0 aliphatic carbocycles. The average Bonchev–Trinajstić information content (AvgIpc) is 2.43. The number of aromatic hydroxyl groups is 1. The van der Waals surface area contributed by atoms with Crippen LogP contribution in [-0.4, -0.2) is 17.2 Å². The van der Waals surface area contributed by atoms with Gasteiger partial charge in [0.05, 0.1) is 11.8 Å². The third-order valence-corrected chi connectivity index (χ3v) is 3.67. The van der Waals surface area contributed by atoms with Crippen molar-refractivity contribution in [2.24, 2.45) is 5.10 Å². The molecule has 2 rings (SSSR count). The number of hydrogen-bond donors (Lipinski definition) is 2. The fourth-order valence-corrected chi connectivity index (χ4v) is 2.19. The van der Waals surface area contributed by atoms with E-state index in [1.807, 2.05) is 24.3 Å². The second-order valence-electron chi connectivity index (χ2n) is 3.91. The summed E-state index contributed by atoms with van der Waals surface area (Å²) in [5.74, 6) is -0.555. The predicted octanol–water partition coefficient (Wildman–Crippen LogP) is 3.52. The van der Waals surface area contributed by atoms with Crippen LogP contribution in [0.15, 0.2) is 52.0 Å². The number of carbonyl (C=O) groups excluding carboxylic acids is 1. The van der Waals surface area contributed by atoms with E-state index in [1.54, 1.807) is 12.3 Å². The first kappa shape index (κ1) is 15.0. The molecule has 0 aromatic heterocycles. The van der Waals surface area contributed by atoms with Gasteiger partial charge in [0.15, 0.2) is 0 Å². The first-order chi connectivity index (χ1) is 9.56. The van der Waals surface area contributed by atoms with Gasteiger partial charge < -0.3 is 5.11 Å². The Labute approximate surface area is 138 Å². The van der Waals surface area contributed by atoms with E-state index >= 15 is 0 Å². The molecule has 0 heterocycles. The third kappa shape index (κ3) is 4.04. The molecule has 0 aliphatic rings. The zero-order valence-corrected chi connectivity index (χ0v) is 13.9. The largest absolute Gasteiger partial charge is 0.507 e. The molecule has 0 fully saturated rings. The summed E-state index contributed by atoms with van der Waals surface area (Å²) in [5.41, 5.74) is 3.42. The molecule has 1 amide bonds. The zero-order chi connectivity index (χ0) is 14.5. The van der Waals surface area contributed by atoms with Gasteiger partial charge >= 0.3 is 0 Å². The molecular formula is C14H10BrIN2O2. The quantitative estimate of drug-likeness (QED) is 0.432. The minimum Gasteiger partial charge on any atom is -0.507 e. The number of benzene rings is 2. The first-order valence-corrected chi connectivity index (χ1v) is 7.51. The molecule has 2 aromatic rings. The number of phenolic OH excluding ortho intramolecular Hbond substituents is 1. The van der Waals surface area contributed by atoms with Gasteiger partial charge in [0.25, 0.3) is 5.91 Å². The lowest BCUT2D eigenvalue weighted by molar-refractivity contribution is 0.0952. The normalized spacial score (nSPS) is 10.7. The molecule has 0 atom stereocenters. The maximum absolute atomic E-state index is 11.9. The lowest BCUT2D eigenvalue weighted by atomic mass is 10.2. The van der Waals surface area contributed by atoms with Crippen LogP contribution in [0.2, 0.25) is 0 Å². The molecule has 20 heavy (non-hydrogen) atoms. The van der Waals surface area contributed by atoms with Crippen molar-refractivity contribution >= 4 is 50.6 Å². The van der Waals surface area contributed by atoms with Gasteiger partial charge in [-0.3, -0.25) is 4.79 Å². The Bertz CT molecular complexity index is 657. The van der Waals surface area contributed by atoms with Crippen molar-refractivity contribution in [3.8, 4) is 5.75 Å². The summed E-state index contributed by atoms with van der Waals surface area (Å²) in [6.45, 7) is 0. The minimum absolute atomic E-state index is 0.0878. The third-order valence-electron chi connectivity index (χ3n) is 2.45. The molecule has 0 aliphatic heterocycles. The Kier molecular flexibility index (Phi) is 5.13. The van der Waals surface area contributed by atoms with Crippen LogP contribution in [0.1, 0.15) is 15.9 Å². The standard InChI is InChI=1S/C14H10BrIN2O2/c15-10-3-6-13(19)12(7-10)14(20)18-17-8-9-1-4-11(16)5-2-9/h1-8,19H,(H,18,20)/b17-8-. The van der Waals surface area contributed by atoms with Gasteiger partial charge in [-0.15, -0.1) is 0 Å². The number of hydrazone groups is 1. The number of phenols is 1. The molecule has 2 N–H and O–H groups in total. The van der Waals surface area contributed by atoms with Crippen LogP contribution in [0.5, 0.6) is 5.75 Å². The number of rotatable bonds is 3. The molecule has 6 heteroatoms. The van der Waals surface area contributed by atoms with Crippen molar-refractivity contribution in [1.82, 2.24) is 5.43 Å². The molecule has 0 bridgehead atoms. The second-order valence-corrected chi connectivity index (χ2v) is 6.07. The molecule has 0 unspecified atom stereocenters. The molecule has 0 saturated carbocycles. The van der Waals surface area contributed by atoms with Crippen LogP contribution >= 0.6 is 38.5 Å². The van der Waals surface area contributed by atoms with E-state index in [0.717, 1.165) is 9.13 Å². The van der Waals surface area contributed by atoms with Gasteiger partial charge in [-0.1, -0.05) is 28.1 Å². The van der Waals surface area contributed by atoms with Crippen molar-refractivity contribution in [2.45, 2.75) is 0 Å². The molecule has 0 saturated heterocycles. The van der Waals surface area contributed by atoms with E-state index < -0.39 is 5.91 Å². The van der Waals surface area contributed by atoms with Gasteiger partial charge in [-0.05, 0) is 58.5 Å². The molecule has 0 spiro atoms. The lowest BCUT2D eigenvalue weighted by Crippen LogP contribution is -2.17. The Morgan fingerprint density at radius 1 is 1.25 bits per heavy atom. The van der Waals surface area contributed by atoms with E-state index in [9.17, 15) is 9.90 Å². The zero-order valence-electron chi connectivity index (χ0n) is 10.2. The predicted molar refractivity (Wildman–Crippen MR) is 90.0 cm³/mol. The molecule has 0 radical (unpaired) electrons. The van der Waals surface area contributed by atoms with Crippen LogP contribution in [0.3, 0.4) is 0 Å². The summed E-state index contributed by atoms with van der Waals surface area (Å²) in [5, 5.41) is 13.5. The fourth-order valence-electron chi connectivity index (χ4n) is 1.46. The van der Waals surface area contributed by atoms with Gasteiger partial charge in [-0.2, -0.15) is 5.10 Å². The lowest BCUT2D eigenvalue weighted by Gasteiger charge is -2.03. The van der Waals surface area contributed by atoms with Crippen molar-refractivity contribution < 1.29 is 9.90 Å². The molecular weight excluding hydrogens is 435 g/mol. The second kappa shape index (κ2) is 6.85. The summed E-state index contributed by atoms with van der Waals surface area (Å²) < 4.78 is 1.84. The fraction of sp³-hybridized carbons (Fsp3) is 0. The topological polar surface area (TPSA) is 61.7 Å². The Hall–Kier alpha value is -1.41. The smallest absolute Gasteiger partial charge is 0.275 e. The van der Waals surface area contributed by atoms with Crippen molar-refractivity contribution in [1.29, 1.82) is 0 Å². The van der Waals surface area contributed by atoms with Gasteiger partial charge in [-0.25, -0.2) is 5.43 Å². The monoisotopic (exact) mass is 444 g/mol. The number of carbonyl (C=O) groups is 1. The number of nitrogens with one attached hydrogen (secondary N) is 1. The van der Waals surface area contributed by atoms with Gasteiger partial charge in [0.1, 0.15) is 5.75 Å². The number of amides is 1. The van der Waals surface area contributed by atoms with E-state index in [0.29, 0.717) is 4.47 Å². The molecule has 4 nitrogen and oxygen atoms in total. The van der Waals surface area contributed by atoms with E-state index in [4.69, 9.17) is 0 Å². The highest BCUT2D eigenvalue weighted by Gasteiger charge is 2.10. The Morgan fingerprint density at radius 2 is 1.95 bits per heavy atom. The van der Waals surface area contributed by atoms with Crippen LogP contribution in [-0.2, 0) is 0 Å². The highest BCUT2D eigenvalue weighted by Crippen LogP contribution is 2.21. The summed E-state index contributed by atoms with van der Waals surface area (Å²) in [6, 6.07) is 12.3. The van der Waals surface area contributed by atoms with Gasteiger partial charge in [0.2, 0.25) is 0 Å². The number of hydrogen-bond acceptors (Lipinski definition) is 3. The summed E-state index contributed by atoms with van der Waals surface area (Å²) in [6.07, 6.45) is 1.54. The van der Waals surface area contributed by atoms with Crippen LogP contribution < -0.4 is 5.43 Å². The SMILES string of the molecule is O=C(N/N=C\c1ccc(I)cc1)c1cc(Br)ccc1O. The molecule has 102 valence electrons. The average molecular weight is 445 g/mol. The summed E-state index contributed by atoms with van der Waals surface area (Å²) >= 11 is 5.46. The van der Waals surface area contributed by atoms with Crippen molar-refractivity contribution in [2.75, 3.05) is 0 Å². The van der Waals surface area contributed by atoms with E-state index in [-0.39, 0.29) is 11.3 Å². The Morgan fingerprint density at radius 3 is 2.65 bits per heavy atom. The Balaban J connectivity index is 2.05. The highest BCUT2D eigenvalue weighted by atomic mass is 127.